The first-order valence-electron chi connectivity index (χ1n) is 8.59. The molecule has 19 heavy (non-hydrogen) atoms. The molecule has 0 aromatic carbocycles. The van der Waals surface area contributed by atoms with Crippen LogP contribution in [0.5, 0.6) is 0 Å². The van der Waals surface area contributed by atoms with Gasteiger partial charge in [0.15, 0.2) is 0 Å². The second-order valence-electron chi connectivity index (χ2n) is 7.30. The molecule has 2 aliphatic carbocycles. The molecule has 0 amide bonds. The van der Waals surface area contributed by atoms with Gasteiger partial charge < -0.3 is 9.84 Å². The lowest BCUT2D eigenvalue weighted by Crippen LogP contribution is -2.44. The highest BCUT2D eigenvalue weighted by molar-refractivity contribution is 4.92. The normalized spacial score (nSPS) is 33.6. The maximum atomic E-state index is 10.6. The summed E-state index contributed by atoms with van der Waals surface area (Å²) in [5, 5.41) is 10.6. The average molecular weight is 266 g/mol. The summed E-state index contributed by atoms with van der Waals surface area (Å²) in [7, 11) is 0. The van der Waals surface area contributed by atoms with E-state index >= 15 is 0 Å². The summed E-state index contributed by atoms with van der Waals surface area (Å²) in [6, 6.07) is 0. The highest BCUT2D eigenvalue weighted by Gasteiger charge is 2.40. The van der Waals surface area contributed by atoms with Crippen LogP contribution in [0.3, 0.4) is 0 Å². The first-order valence-corrected chi connectivity index (χ1v) is 8.59. The SMILES string of the molecule is OC(CC1CCCC1)C1CCOC2(CCCCC2)C1. The lowest BCUT2D eigenvalue weighted by molar-refractivity contribution is -0.135. The van der Waals surface area contributed by atoms with Crippen molar-refractivity contribution in [2.75, 3.05) is 6.61 Å². The smallest absolute Gasteiger partial charge is 0.0686 e. The van der Waals surface area contributed by atoms with Crippen LogP contribution in [0.2, 0.25) is 0 Å². The fraction of sp³-hybridized carbons (Fsp3) is 1.00. The first-order chi connectivity index (χ1) is 9.27. The molecule has 1 heterocycles. The number of ether oxygens (including phenoxy) is 1. The van der Waals surface area contributed by atoms with Crippen LogP contribution in [-0.4, -0.2) is 23.4 Å². The molecule has 2 atom stereocenters. The third kappa shape index (κ3) is 3.33. The van der Waals surface area contributed by atoms with Gasteiger partial charge in [0.1, 0.15) is 0 Å². The van der Waals surface area contributed by atoms with Crippen molar-refractivity contribution in [3.8, 4) is 0 Å². The Kier molecular flexibility index (Phi) is 4.48. The zero-order valence-electron chi connectivity index (χ0n) is 12.3. The fourth-order valence-corrected chi connectivity index (χ4v) is 4.72. The highest BCUT2D eigenvalue weighted by atomic mass is 16.5. The monoisotopic (exact) mass is 266 g/mol. The molecule has 0 aromatic heterocycles. The Hall–Kier alpha value is -0.0800. The predicted octanol–water partition coefficient (Wildman–Crippen LogP) is 4.06. The predicted molar refractivity (Wildman–Crippen MR) is 77.1 cm³/mol. The van der Waals surface area contributed by atoms with E-state index in [1.807, 2.05) is 0 Å². The van der Waals surface area contributed by atoms with Gasteiger partial charge in [0.25, 0.3) is 0 Å². The molecule has 1 N–H and O–H groups in total. The van der Waals surface area contributed by atoms with Crippen molar-refractivity contribution in [2.45, 2.75) is 88.8 Å². The standard InChI is InChI=1S/C17H30O2/c18-16(12-14-6-2-3-7-14)15-8-11-19-17(13-15)9-4-1-5-10-17/h14-16,18H,1-13H2. The number of hydrogen-bond acceptors (Lipinski definition) is 2. The van der Waals surface area contributed by atoms with Crippen LogP contribution in [-0.2, 0) is 4.74 Å². The minimum atomic E-state index is -0.0641. The molecule has 1 aliphatic heterocycles. The van der Waals surface area contributed by atoms with Crippen LogP contribution >= 0.6 is 0 Å². The quantitative estimate of drug-likeness (QED) is 0.835. The molecule has 1 spiro atoms. The van der Waals surface area contributed by atoms with Crippen molar-refractivity contribution >= 4 is 0 Å². The van der Waals surface area contributed by atoms with Gasteiger partial charge in [-0.25, -0.2) is 0 Å². The van der Waals surface area contributed by atoms with E-state index in [9.17, 15) is 5.11 Å². The fourth-order valence-electron chi connectivity index (χ4n) is 4.72. The lowest BCUT2D eigenvalue weighted by atomic mass is 9.73. The molecule has 3 fully saturated rings. The molecule has 2 saturated carbocycles. The Morgan fingerprint density at radius 3 is 2.47 bits per heavy atom. The van der Waals surface area contributed by atoms with Crippen molar-refractivity contribution < 1.29 is 9.84 Å². The van der Waals surface area contributed by atoms with E-state index < -0.39 is 0 Å². The number of aliphatic hydroxyl groups is 1. The van der Waals surface area contributed by atoms with Gasteiger partial charge >= 0.3 is 0 Å². The number of hydrogen-bond donors (Lipinski definition) is 1. The van der Waals surface area contributed by atoms with E-state index in [1.54, 1.807) is 0 Å². The van der Waals surface area contributed by atoms with Crippen LogP contribution in [0, 0.1) is 11.8 Å². The van der Waals surface area contributed by atoms with Gasteiger partial charge in [0, 0.05) is 6.61 Å². The third-order valence-electron chi connectivity index (χ3n) is 5.89. The summed E-state index contributed by atoms with van der Waals surface area (Å²) >= 11 is 0. The van der Waals surface area contributed by atoms with Crippen molar-refractivity contribution in [1.29, 1.82) is 0 Å². The summed E-state index contributed by atoms with van der Waals surface area (Å²) in [6.07, 6.45) is 15.2. The van der Waals surface area contributed by atoms with Crippen LogP contribution in [0.1, 0.15) is 77.0 Å². The first kappa shape index (κ1) is 13.9. The van der Waals surface area contributed by atoms with Crippen LogP contribution in [0.15, 0.2) is 0 Å². The van der Waals surface area contributed by atoms with Gasteiger partial charge in [0.2, 0.25) is 0 Å². The molecule has 2 heteroatoms. The molecule has 1 saturated heterocycles. The van der Waals surface area contributed by atoms with Crippen molar-refractivity contribution in [1.82, 2.24) is 0 Å². The van der Waals surface area contributed by atoms with Crippen LogP contribution in [0.25, 0.3) is 0 Å². The maximum Gasteiger partial charge on any atom is 0.0686 e. The Balaban J connectivity index is 1.54. The van der Waals surface area contributed by atoms with Gasteiger partial charge in [-0.15, -0.1) is 0 Å². The lowest BCUT2D eigenvalue weighted by Gasteiger charge is -2.45. The summed E-state index contributed by atoms with van der Waals surface area (Å²) in [5.41, 5.74) is 0.151. The van der Waals surface area contributed by atoms with E-state index in [1.165, 1.54) is 57.8 Å². The third-order valence-corrected chi connectivity index (χ3v) is 5.89. The minimum absolute atomic E-state index is 0.0641. The average Bonchev–Trinajstić information content (AvgIpc) is 2.92. The van der Waals surface area contributed by atoms with E-state index in [4.69, 9.17) is 4.74 Å². The zero-order valence-corrected chi connectivity index (χ0v) is 12.3. The summed E-state index contributed by atoms with van der Waals surface area (Å²) in [6.45, 7) is 0.881. The van der Waals surface area contributed by atoms with Crippen LogP contribution < -0.4 is 0 Å². The second-order valence-corrected chi connectivity index (χ2v) is 7.30. The summed E-state index contributed by atoms with van der Waals surface area (Å²) in [5.74, 6) is 1.31. The van der Waals surface area contributed by atoms with E-state index in [0.29, 0.717) is 5.92 Å². The van der Waals surface area contributed by atoms with Gasteiger partial charge in [-0.3, -0.25) is 0 Å². The summed E-state index contributed by atoms with van der Waals surface area (Å²) < 4.78 is 6.15. The molecular formula is C17H30O2. The van der Waals surface area contributed by atoms with E-state index in [2.05, 4.69) is 0 Å². The number of aliphatic hydroxyl groups excluding tert-OH is 1. The molecule has 0 aromatic rings. The molecule has 3 rings (SSSR count). The van der Waals surface area contributed by atoms with E-state index in [-0.39, 0.29) is 11.7 Å². The maximum absolute atomic E-state index is 10.6. The van der Waals surface area contributed by atoms with E-state index in [0.717, 1.165) is 31.8 Å². The van der Waals surface area contributed by atoms with Gasteiger partial charge in [-0.1, -0.05) is 44.9 Å². The van der Waals surface area contributed by atoms with Crippen LogP contribution in [0.4, 0.5) is 0 Å². The second kappa shape index (κ2) is 6.13. The van der Waals surface area contributed by atoms with Gasteiger partial charge in [-0.2, -0.15) is 0 Å². The molecule has 0 radical (unpaired) electrons. The minimum Gasteiger partial charge on any atom is -0.393 e. The molecule has 2 unspecified atom stereocenters. The summed E-state index contributed by atoms with van der Waals surface area (Å²) in [4.78, 5) is 0. The molecule has 2 nitrogen and oxygen atoms in total. The Morgan fingerprint density at radius 1 is 1.00 bits per heavy atom. The molecule has 3 aliphatic rings. The Labute approximate surface area is 117 Å². The van der Waals surface area contributed by atoms with Crippen molar-refractivity contribution in [3.63, 3.8) is 0 Å². The van der Waals surface area contributed by atoms with Crippen molar-refractivity contribution in [3.05, 3.63) is 0 Å². The topological polar surface area (TPSA) is 29.5 Å². The Bertz CT molecular complexity index is 271. The molecule has 0 bridgehead atoms. The van der Waals surface area contributed by atoms with Crippen molar-refractivity contribution in [2.24, 2.45) is 11.8 Å². The molecule has 110 valence electrons. The van der Waals surface area contributed by atoms with Gasteiger partial charge in [0.05, 0.1) is 11.7 Å². The van der Waals surface area contributed by atoms with Gasteiger partial charge in [-0.05, 0) is 43.9 Å². The Morgan fingerprint density at radius 2 is 1.74 bits per heavy atom. The largest absolute Gasteiger partial charge is 0.393 e. The zero-order chi connectivity index (χ0) is 13.1. The highest BCUT2D eigenvalue weighted by Crippen LogP contribution is 2.42. The molecular weight excluding hydrogens is 236 g/mol. The number of rotatable bonds is 3.